The summed E-state index contributed by atoms with van der Waals surface area (Å²) in [4.78, 5) is 4.06. The van der Waals surface area contributed by atoms with Gasteiger partial charge in [0.2, 0.25) is 0 Å². The van der Waals surface area contributed by atoms with E-state index in [0.717, 1.165) is 44.8 Å². The smallest absolute Gasteiger partial charge is 0.123 e. The topological polar surface area (TPSA) is 39.1 Å². The van der Waals surface area contributed by atoms with Crippen molar-refractivity contribution in [2.75, 3.05) is 13.2 Å². The molecule has 0 aliphatic carbocycles. The number of ether oxygens (including phenoxy) is 1. The van der Waals surface area contributed by atoms with Gasteiger partial charge >= 0.3 is 0 Å². The summed E-state index contributed by atoms with van der Waals surface area (Å²) in [5, 5.41) is 3.51. The van der Waals surface area contributed by atoms with E-state index in [0.29, 0.717) is 0 Å². The molecule has 1 aromatic carbocycles. The lowest BCUT2D eigenvalue weighted by molar-refractivity contribution is 0.301. The van der Waals surface area contributed by atoms with E-state index < -0.39 is 0 Å². The Bertz CT molecular complexity index is 540. The molecule has 0 aliphatic rings. The molecule has 132 valence electrons. The first kappa shape index (κ1) is 18.5. The number of aryl methyl sites for hydroxylation is 1. The molecule has 0 amide bonds. The minimum absolute atomic E-state index is 0.821. The zero-order chi connectivity index (χ0) is 16.9. The van der Waals surface area contributed by atoms with E-state index in [4.69, 9.17) is 4.74 Å². The first-order valence-electron chi connectivity index (χ1n) is 9.27. The minimum Gasteiger partial charge on any atom is -0.493 e. The number of nitrogens with one attached hydrogen (secondary N) is 1. The third kappa shape index (κ3) is 7.18. The first-order valence-corrected chi connectivity index (χ1v) is 9.27. The second-order valence-corrected chi connectivity index (χ2v) is 6.20. The lowest BCUT2D eigenvalue weighted by atomic mass is 10.1. The number of imidazole rings is 1. The lowest BCUT2D eigenvalue weighted by Crippen LogP contribution is -2.17. The molecule has 0 atom stereocenters. The Kier molecular flexibility index (Phi) is 9.02. The summed E-state index contributed by atoms with van der Waals surface area (Å²) in [6, 6.07) is 8.36. The number of unbranched alkanes of at least 4 members (excludes halogenated alkanes) is 4. The van der Waals surface area contributed by atoms with Crippen LogP contribution in [-0.4, -0.2) is 22.7 Å². The fourth-order valence-electron chi connectivity index (χ4n) is 2.71. The van der Waals surface area contributed by atoms with Gasteiger partial charge in [0.15, 0.2) is 0 Å². The van der Waals surface area contributed by atoms with Crippen LogP contribution in [0.15, 0.2) is 43.0 Å². The highest BCUT2D eigenvalue weighted by Gasteiger charge is 2.02. The van der Waals surface area contributed by atoms with Crippen molar-refractivity contribution in [3.63, 3.8) is 0 Å². The third-order valence-corrected chi connectivity index (χ3v) is 4.12. The van der Waals surface area contributed by atoms with Crippen molar-refractivity contribution >= 4 is 0 Å². The first-order chi connectivity index (χ1) is 11.9. The number of hydrogen-bond donors (Lipinski definition) is 1. The summed E-state index contributed by atoms with van der Waals surface area (Å²) in [5.74, 6) is 1.02. The predicted molar refractivity (Wildman–Crippen MR) is 99.2 cm³/mol. The Hall–Kier alpha value is -1.81. The molecule has 4 nitrogen and oxygen atoms in total. The second kappa shape index (κ2) is 11.7. The summed E-state index contributed by atoms with van der Waals surface area (Å²) in [6.07, 6.45) is 13.1. The molecule has 0 aliphatic heterocycles. The molecule has 24 heavy (non-hydrogen) atoms. The molecule has 1 aromatic heterocycles. The SMILES string of the molecule is CCCCCCCOc1ccccc1CNCCCn1ccnc1. The van der Waals surface area contributed by atoms with Crippen molar-refractivity contribution in [1.82, 2.24) is 14.9 Å². The van der Waals surface area contributed by atoms with Gasteiger partial charge in [-0.3, -0.25) is 0 Å². The average Bonchev–Trinajstić information content (AvgIpc) is 3.12. The monoisotopic (exact) mass is 329 g/mol. The van der Waals surface area contributed by atoms with Crippen LogP contribution in [-0.2, 0) is 13.1 Å². The van der Waals surface area contributed by atoms with E-state index in [1.807, 2.05) is 18.7 Å². The average molecular weight is 329 g/mol. The Balaban J connectivity index is 1.63. The fraction of sp³-hybridized carbons (Fsp3) is 0.550. The highest BCUT2D eigenvalue weighted by atomic mass is 16.5. The standard InChI is InChI=1S/C20H31N3O/c1-2-3-4-5-8-16-24-20-11-7-6-10-19(20)17-21-12-9-14-23-15-13-22-18-23/h6-7,10-11,13,15,18,21H,2-5,8-9,12,14,16-17H2,1H3. The van der Waals surface area contributed by atoms with Gasteiger partial charge < -0.3 is 14.6 Å². The van der Waals surface area contributed by atoms with Crippen molar-refractivity contribution in [1.29, 1.82) is 0 Å². The number of hydrogen-bond acceptors (Lipinski definition) is 3. The molecule has 1 heterocycles. The Morgan fingerprint density at radius 3 is 2.79 bits per heavy atom. The molecule has 1 N–H and O–H groups in total. The molecular weight excluding hydrogens is 298 g/mol. The van der Waals surface area contributed by atoms with E-state index >= 15 is 0 Å². The van der Waals surface area contributed by atoms with Crippen LogP contribution < -0.4 is 10.1 Å². The number of para-hydroxylation sites is 1. The number of nitrogens with zero attached hydrogens (tertiary/aromatic N) is 2. The number of aromatic nitrogens is 2. The summed E-state index contributed by atoms with van der Waals surface area (Å²) >= 11 is 0. The highest BCUT2D eigenvalue weighted by Crippen LogP contribution is 2.18. The molecule has 0 bridgehead atoms. The molecular formula is C20H31N3O. The molecule has 0 spiro atoms. The molecule has 4 heteroatoms. The van der Waals surface area contributed by atoms with Gasteiger partial charge in [-0.2, -0.15) is 0 Å². The van der Waals surface area contributed by atoms with Crippen molar-refractivity contribution in [3.8, 4) is 5.75 Å². The van der Waals surface area contributed by atoms with Gasteiger partial charge in [0.1, 0.15) is 5.75 Å². The van der Waals surface area contributed by atoms with Crippen LogP contribution in [0.3, 0.4) is 0 Å². The summed E-state index contributed by atoms with van der Waals surface area (Å²) in [5.41, 5.74) is 1.24. The summed E-state index contributed by atoms with van der Waals surface area (Å²) in [7, 11) is 0. The number of rotatable bonds is 13. The zero-order valence-corrected chi connectivity index (χ0v) is 14.9. The molecule has 2 rings (SSSR count). The van der Waals surface area contributed by atoms with E-state index in [-0.39, 0.29) is 0 Å². The van der Waals surface area contributed by atoms with Crippen LogP contribution in [0.4, 0.5) is 0 Å². The van der Waals surface area contributed by atoms with E-state index in [2.05, 4.69) is 46.1 Å². The van der Waals surface area contributed by atoms with Crippen molar-refractivity contribution in [2.45, 2.75) is 58.5 Å². The second-order valence-electron chi connectivity index (χ2n) is 6.20. The van der Waals surface area contributed by atoms with Gasteiger partial charge in [0.25, 0.3) is 0 Å². The maximum Gasteiger partial charge on any atom is 0.123 e. The van der Waals surface area contributed by atoms with Crippen LogP contribution in [0.2, 0.25) is 0 Å². The lowest BCUT2D eigenvalue weighted by Gasteiger charge is -2.12. The van der Waals surface area contributed by atoms with Crippen molar-refractivity contribution in [2.24, 2.45) is 0 Å². The molecule has 0 fully saturated rings. The van der Waals surface area contributed by atoms with Crippen LogP contribution in [0.25, 0.3) is 0 Å². The quantitative estimate of drug-likeness (QED) is 0.553. The van der Waals surface area contributed by atoms with Crippen LogP contribution in [0.1, 0.15) is 51.0 Å². The largest absolute Gasteiger partial charge is 0.493 e. The maximum atomic E-state index is 5.98. The fourth-order valence-corrected chi connectivity index (χ4v) is 2.71. The Morgan fingerprint density at radius 1 is 1.08 bits per heavy atom. The third-order valence-electron chi connectivity index (χ3n) is 4.12. The van der Waals surface area contributed by atoms with Gasteiger partial charge in [0.05, 0.1) is 12.9 Å². The molecule has 0 unspecified atom stereocenters. The zero-order valence-electron chi connectivity index (χ0n) is 14.9. The van der Waals surface area contributed by atoms with Gasteiger partial charge in [-0.05, 0) is 25.5 Å². The summed E-state index contributed by atoms with van der Waals surface area (Å²) < 4.78 is 8.09. The summed E-state index contributed by atoms with van der Waals surface area (Å²) in [6.45, 7) is 5.92. The van der Waals surface area contributed by atoms with Gasteiger partial charge in [0, 0.05) is 31.0 Å². The van der Waals surface area contributed by atoms with Crippen LogP contribution in [0.5, 0.6) is 5.75 Å². The highest BCUT2D eigenvalue weighted by molar-refractivity contribution is 5.33. The van der Waals surface area contributed by atoms with Crippen molar-refractivity contribution < 1.29 is 4.74 Å². The van der Waals surface area contributed by atoms with Gasteiger partial charge in [-0.1, -0.05) is 50.8 Å². The predicted octanol–water partition coefficient (Wildman–Crippen LogP) is 4.41. The molecule has 0 saturated carbocycles. The van der Waals surface area contributed by atoms with E-state index in [1.54, 1.807) is 0 Å². The van der Waals surface area contributed by atoms with E-state index in [9.17, 15) is 0 Å². The van der Waals surface area contributed by atoms with Crippen LogP contribution >= 0.6 is 0 Å². The van der Waals surface area contributed by atoms with E-state index in [1.165, 1.54) is 31.2 Å². The van der Waals surface area contributed by atoms with Crippen molar-refractivity contribution in [3.05, 3.63) is 48.5 Å². The molecule has 0 saturated heterocycles. The molecule has 0 radical (unpaired) electrons. The van der Waals surface area contributed by atoms with Gasteiger partial charge in [-0.15, -0.1) is 0 Å². The van der Waals surface area contributed by atoms with Crippen LogP contribution in [0, 0.1) is 0 Å². The Labute approximate surface area is 146 Å². The maximum absolute atomic E-state index is 5.98. The van der Waals surface area contributed by atoms with Gasteiger partial charge in [-0.25, -0.2) is 4.98 Å². The minimum atomic E-state index is 0.821. The number of benzene rings is 1. The Morgan fingerprint density at radius 2 is 1.96 bits per heavy atom. The molecule has 2 aromatic rings. The normalized spacial score (nSPS) is 10.9.